The van der Waals surface area contributed by atoms with Crippen molar-refractivity contribution in [1.82, 2.24) is 5.32 Å². The van der Waals surface area contributed by atoms with Crippen LogP contribution in [0.25, 0.3) is 0 Å². The fourth-order valence-corrected chi connectivity index (χ4v) is 3.90. The standard InChI is InChI=1S/C17H33NO/c1-13-5-6-15(12-18-17(2,3)4)16(11-13)14-7-9-19-10-8-14/h13-16,18H,5-12H2,1-4H3. The normalized spacial score (nSPS) is 34.4. The van der Waals surface area contributed by atoms with Gasteiger partial charge in [0.15, 0.2) is 0 Å². The average Bonchev–Trinajstić information content (AvgIpc) is 2.37. The van der Waals surface area contributed by atoms with Crippen molar-refractivity contribution < 1.29 is 4.74 Å². The molecule has 3 unspecified atom stereocenters. The second kappa shape index (κ2) is 6.58. The summed E-state index contributed by atoms with van der Waals surface area (Å²) in [6, 6.07) is 0. The first-order valence-electron chi connectivity index (χ1n) is 8.28. The third kappa shape index (κ3) is 4.75. The van der Waals surface area contributed by atoms with E-state index < -0.39 is 0 Å². The molecule has 0 amide bonds. The smallest absolute Gasteiger partial charge is 0.0468 e. The van der Waals surface area contributed by atoms with E-state index in [1.165, 1.54) is 38.6 Å². The summed E-state index contributed by atoms with van der Waals surface area (Å²) in [6.45, 7) is 12.5. The SMILES string of the molecule is CC1CCC(CNC(C)(C)C)C(C2CCOCC2)C1. The molecule has 0 spiro atoms. The predicted octanol–water partition coefficient (Wildman–Crippen LogP) is 3.85. The fraction of sp³-hybridized carbons (Fsp3) is 1.00. The molecule has 19 heavy (non-hydrogen) atoms. The minimum absolute atomic E-state index is 0.253. The molecule has 112 valence electrons. The Morgan fingerprint density at radius 2 is 1.74 bits per heavy atom. The van der Waals surface area contributed by atoms with Gasteiger partial charge in [0.2, 0.25) is 0 Å². The van der Waals surface area contributed by atoms with Gasteiger partial charge in [-0.05, 0) is 76.7 Å². The molecular formula is C17H33NO. The van der Waals surface area contributed by atoms with Crippen molar-refractivity contribution in [3.63, 3.8) is 0 Å². The van der Waals surface area contributed by atoms with Crippen molar-refractivity contribution in [3.8, 4) is 0 Å². The molecule has 0 aromatic heterocycles. The molecule has 1 aliphatic carbocycles. The van der Waals surface area contributed by atoms with Gasteiger partial charge in [-0.3, -0.25) is 0 Å². The molecule has 0 radical (unpaired) electrons. The van der Waals surface area contributed by atoms with Gasteiger partial charge in [0.25, 0.3) is 0 Å². The van der Waals surface area contributed by atoms with Gasteiger partial charge in [-0.2, -0.15) is 0 Å². The van der Waals surface area contributed by atoms with Gasteiger partial charge < -0.3 is 10.1 Å². The van der Waals surface area contributed by atoms with Gasteiger partial charge >= 0.3 is 0 Å². The molecule has 2 aliphatic rings. The van der Waals surface area contributed by atoms with Crippen molar-refractivity contribution in [3.05, 3.63) is 0 Å². The van der Waals surface area contributed by atoms with Crippen LogP contribution >= 0.6 is 0 Å². The summed E-state index contributed by atoms with van der Waals surface area (Å²) in [4.78, 5) is 0. The first kappa shape index (κ1) is 15.3. The van der Waals surface area contributed by atoms with Gasteiger partial charge in [0.05, 0.1) is 0 Å². The molecule has 2 heteroatoms. The highest BCUT2D eigenvalue weighted by atomic mass is 16.5. The maximum atomic E-state index is 5.55. The van der Waals surface area contributed by atoms with Crippen LogP contribution in [0.5, 0.6) is 0 Å². The first-order chi connectivity index (χ1) is 8.96. The van der Waals surface area contributed by atoms with E-state index >= 15 is 0 Å². The number of hydrogen-bond donors (Lipinski definition) is 1. The quantitative estimate of drug-likeness (QED) is 0.838. The van der Waals surface area contributed by atoms with Crippen LogP contribution in [-0.4, -0.2) is 25.3 Å². The molecule has 1 saturated heterocycles. The van der Waals surface area contributed by atoms with E-state index in [1.807, 2.05) is 0 Å². The van der Waals surface area contributed by atoms with Gasteiger partial charge in [-0.1, -0.05) is 13.3 Å². The third-order valence-electron chi connectivity index (χ3n) is 5.08. The maximum Gasteiger partial charge on any atom is 0.0468 e. The van der Waals surface area contributed by atoms with Crippen LogP contribution in [0, 0.1) is 23.7 Å². The van der Waals surface area contributed by atoms with E-state index in [9.17, 15) is 0 Å². The summed E-state index contributed by atoms with van der Waals surface area (Å²) in [5.41, 5.74) is 0.253. The Morgan fingerprint density at radius 1 is 1.05 bits per heavy atom. The summed E-state index contributed by atoms with van der Waals surface area (Å²) in [5.74, 6) is 3.67. The zero-order valence-corrected chi connectivity index (χ0v) is 13.4. The molecule has 2 fully saturated rings. The molecule has 0 bridgehead atoms. The summed E-state index contributed by atoms with van der Waals surface area (Å²) in [6.07, 6.45) is 6.89. The van der Waals surface area contributed by atoms with Gasteiger partial charge in [0, 0.05) is 18.8 Å². The van der Waals surface area contributed by atoms with Gasteiger partial charge in [0.1, 0.15) is 0 Å². The summed E-state index contributed by atoms with van der Waals surface area (Å²) in [5, 5.41) is 3.74. The highest BCUT2D eigenvalue weighted by Crippen LogP contribution is 2.41. The van der Waals surface area contributed by atoms with Crippen molar-refractivity contribution in [1.29, 1.82) is 0 Å². The molecule has 1 N–H and O–H groups in total. The van der Waals surface area contributed by atoms with Crippen LogP contribution in [0.3, 0.4) is 0 Å². The Bertz CT molecular complexity index is 265. The van der Waals surface area contributed by atoms with Crippen LogP contribution in [-0.2, 0) is 4.74 Å². The highest BCUT2D eigenvalue weighted by Gasteiger charge is 2.35. The van der Waals surface area contributed by atoms with Crippen LogP contribution in [0.4, 0.5) is 0 Å². The van der Waals surface area contributed by atoms with Gasteiger partial charge in [-0.15, -0.1) is 0 Å². The summed E-state index contributed by atoms with van der Waals surface area (Å²) >= 11 is 0. The van der Waals surface area contributed by atoms with E-state index in [4.69, 9.17) is 4.74 Å². The van der Waals surface area contributed by atoms with E-state index in [-0.39, 0.29) is 5.54 Å². The minimum Gasteiger partial charge on any atom is -0.381 e. The molecule has 1 aliphatic heterocycles. The first-order valence-corrected chi connectivity index (χ1v) is 8.28. The van der Waals surface area contributed by atoms with Crippen molar-refractivity contribution in [2.45, 2.75) is 65.3 Å². The summed E-state index contributed by atoms with van der Waals surface area (Å²) < 4.78 is 5.55. The number of rotatable bonds is 3. The lowest BCUT2D eigenvalue weighted by molar-refractivity contribution is 0.0148. The Balaban J connectivity index is 1.93. The largest absolute Gasteiger partial charge is 0.381 e. The van der Waals surface area contributed by atoms with Crippen molar-refractivity contribution in [2.24, 2.45) is 23.7 Å². The fourth-order valence-electron chi connectivity index (χ4n) is 3.90. The van der Waals surface area contributed by atoms with E-state index in [1.54, 1.807) is 0 Å². The van der Waals surface area contributed by atoms with Crippen LogP contribution in [0.2, 0.25) is 0 Å². The van der Waals surface area contributed by atoms with Crippen molar-refractivity contribution >= 4 is 0 Å². The monoisotopic (exact) mass is 267 g/mol. The molecular weight excluding hydrogens is 234 g/mol. The summed E-state index contributed by atoms with van der Waals surface area (Å²) in [7, 11) is 0. The molecule has 1 heterocycles. The third-order valence-corrected chi connectivity index (χ3v) is 5.08. The Hall–Kier alpha value is -0.0800. The van der Waals surface area contributed by atoms with E-state index in [0.29, 0.717) is 0 Å². The highest BCUT2D eigenvalue weighted by molar-refractivity contribution is 4.87. The van der Waals surface area contributed by atoms with Crippen LogP contribution < -0.4 is 5.32 Å². The second-order valence-electron chi connectivity index (χ2n) is 7.92. The van der Waals surface area contributed by atoms with E-state index in [2.05, 4.69) is 33.0 Å². The number of hydrogen-bond acceptors (Lipinski definition) is 2. The van der Waals surface area contributed by atoms with E-state index in [0.717, 1.165) is 36.9 Å². The molecule has 3 atom stereocenters. The van der Waals surface area contributed by atoms with Gasteiger partial charge in [-0.25, -0.2) is 0 Å². The Morgan fingerprint density at radius 3 is 2.37 bits per heavy atom. The minimum atomic E-state index is 0.253. The molecule has 2 rings (SSSR count). The zero-order valence-electron chi connectivity index (χ0n) is 13.4. The topological polar surface area (TPSA) is 21.3 Å². The lowest BCUT2D eigenvalue weighted by atomic mass is 9.67. The zero-order chi connectivity index (χ0) is 13.9. The number of ether oxygens (including phenoxy) is 1. The Kier molecular flexibility index (Phi) is 5.30. The lowest BCUT2D eigenvalue weighted by Crippen LogP contribution is -2.44. The molecule has 0 aromatic rings. The van der Waals surface area contributed by atoms with Crippen LogP contribution in [0.15, 0.2) is 0 Å². The maximum absolute atomic E-state index is 5.55. The molecule has 2 nitrogen and oxygen atoms in total. The Labute approximate surface area is 119 Å². The lowest BCUT2D eigenvalue weighted by Gasteiger charge is -2.42. The second-order valence-corrected chi connectivity index (χ2v) is 7.92. The molecule has 0 aromatic carbocycles. The van der Waals surface area contributed by atoms with Crippen molar-refractivity contribution in [2.75, 3.05) is 19.8 Å². The average molecular weight is 267 g/mol. The predicted molar refractivity (Wildman–Crippen MR) is 81.3 cm³/mol. The number of nitrogens with one attached hydrogen (secondary N) is 1. The molecule has 1 saturated carbocycles. The van der Waals surface area contributed by atoms with Crippen LogP contribution in [0.1, 0.15) is 59.8 Å².